The summed E-state index contributed by atoms with van der Waals surface area (Å²) in [6, 6.07) is 5.51. The predicted molar refractivity (Wildman–Crippen MR) is 60.2 cm³/mol. The second-order valence-electron chi connectivity index (χ2n) is 4.33. The summed E-state index contributed by atoms with van der Waals surface area (Å²) in [6.07, 6.45) is 1.46. The zero-order valence-electron chi connectivity index (χ0n) is 8.70. The molecule has 0 N–H and O–H groups in total. The quantitative estimate of drug-likeness (QED) is 0.559. The lowest BCUT2D eigenvalue weighted by molar-refractivity contribution is 0.109. The van der Waals surface area contributed by atoms with E-state index in [-0.39, 0.29) is 0 Å². The lowest BCUT2D eigenvalue weighted by atomic mass is 10.1. The van der Waals surface area contributed by atoms with Gasteiger partial charge in [-0.15, -0.1) is 0 Å². The van der Waals surface area contributed by atoms with Crippen molar-refractivity contribution >= 4 is 25.8 Å². The van der Waals surface area contributed by atoms with E-state index in [0.29, 0.717) is 11.1 Å². The van der Waals surface area contributed by atoms with Crippen LogP contribution in [-0.4, -0.2) is 20.6 Å². The van der Waals surface area contributed by atoms with Crippen LogP contribution in [0, 0.1) is 0 Å². The smallest absolute Gasteiger partial charge is 0.150 e. The number of benzene rings is 1. The van der Waals surface area contributed by atoms with Crippen molar-refractivity contribution in [2.75, 3.05) is 0 Å². The minimum atomic E-state index is -1.39. The molecule has 3 heteroatoms. The molecular weight excluding hydrogens is 192 g/mol. The first-order valence-electron chi connectivity index (χ1n) is 4.54. The van der Waals surface area contributed by atoms with Gasteiger partial charge in [0.1, 0.15) is 0 Å². The molecule has 0 amide bonds. The topological polar surface area (TPSA) is 34.1 Å². The normalized spacial score (nSPS) is 11.1. The zero-order chi connectivity index (χ0) is 10.8. The SMILES string of the molecule is C[Si](C)(C)c1ccc(C=O)c(C=O)c1. The molecule has 0 aromatic heterocycles. The third-order valence-electron chi connectivity index (χ3n) is 2.21. The fourth-order valence-electron chi connectivity index (χ4n) is 1.25. The van der Waals surface area contributed by atoms with Gasteiger partial charge in [0, 0.05) is 11.1 Å². The highest BCUT2D eigenvalue weighted by atomic mass is 28.3. The van der Waals surface area contributed by atoms with Crippen LogP contribution in [0.15, 0.2) is 18.2 Å². The highest BCUT2D eigenvalue weighted by Gasteiger charge is 2.17. The van der Waals surface area contributed by atoms with Crippen molar-refractivity contribution in [1.29, 1.82) is 0 Å². The molecule has 0 aliphatic heterocycles. The third-order valence-corrected chi connectivity index (χ3v) is 4.25. The van der Waals surface area contributed by atoms with Crippen LogP contribution in [0.2, 0.25) is 19.6 Å². The fourth-order valence-corrected chi connectivity index (χ4v) is 2.42. The molecule has 14 heavy (non-hydrogen) atoms. The standard InChI is InChI=1S/C11H14O2Si/c1-14(2,3)11-5-4-9(7-12)10(6-11)8-13/h4-8H,1-3H3. The molecule has 1 aromatic carbocycles. The predicted octanol–water partition coefficient (Wildman–Crippen LogP) is 1.86. The van der Waals surface area contributed by atoms with Crippen LogP contribution < -0.4 is 5.19 Å². The van der Waals surface area contributed by atoms with Crippen molar-refractivity contribution in [2.45, 2.75) is 19.6 Å². The molecule has 0 fully saturated rings. The molecule has 74 valence electrons. The molecule has 1 aromatic rings. The largest absolute Gasteiger partial charge is 0.298 e. The van der Waals surface area contributed by atoms with Gasteiger partial charge in [-0.05, 0) is 0 Å². The van der Waals surface area contributed by atoms with Crippen LogP contribution in [0.5, 0.6) is 0 Å². The molecular formula is C11H14O2Si. The molecule has 0 bridgehead atoms. The minimum Gasteiger partial charge on any atom is -0.298 e. The van der Waals surface area contributed by atoms with E-state index in [9.17, 15) is 9.59 Å². The average molecular weight is 206 g/mol. The lowest BCUT2D eigenvalue weighted by Gasteiger charge is -2.17. The molecule has 0 saturated carbocycles. The molecule has 0 aliphatic rings. The summed E-state index contributed by atoms with van der Waals surface area (Å²) in [4.78, 5) is 21.3. The summed E-state index contributed by atoms with van der Waals surface area (Å²) < 4.78 is 0. The van der Waals surface area contributed by atoms with E-state index in [2.05, 4.69) is 19.6 Å². The van der Waals surface area contributed by atoms with Crippen LogP contribution >= 0.6 is 0 Å². The number of hydrogen-bond acceptors (Lipinski definition) is 2. The molecule has 1 rings (SSSR count). The summed E-state index contributed by atoms with van der Waals surface area (Å²) in [5.41, 5.74) is 0.974. The minimum absolute atomic E-state index is 0.474. The molecule has 0 atom stereocenters. The Bertz CT molecular complexity index is 364. The Balaban J connectivity index is 3.27. The van der Waals surface area contributed by atoms with Crippen molar-refractivity contribution in [3.05, 3.63) is 29.3 Å². The Morgan fingerprint density at radius 2 is 1.57 bits per heavy atom. The maximum Gasteiger partial charge on any atom is 0.150 e. The Labute approximate surface area is 85.0 Å². The molecule has 0 saturated heterocycles. The first-order valence-corrected chi connectivity index (χ1v) is 8.04. The first kappa shape index (κ1) is 10.9. The number of rotatable bonds is 3. The van der Waals surface area contributed by atoms with E-state index in [4.69, 9.17) is 0 Å². The summed E-state index contributed by atoms with van der Waals surface area (Å²) in [5.74, 6) is 0. The van der Waals surface area contributed by atoms with Gasteiger partial charge in [-0.3, -0.25) is 9.59 Å². The van der Waals surface area contributed by atoms with Gasteiger partial charge in [-0.2, -0.15) is 0 Å². The average Bonchev–Trinajstić information content (AvgIpc) is 2.15. The van der Waals surface area contributed by atoms with E-state index in [1.807, 2.05) is 12.1 Å². The van der Waals surface area contributed by atoms with Crippen molar-refractivity contribution in [3.8, 4) is 0 Å². The van der Waals surface area contributed by atoms with Crippen LogP contribution in [0.1, 0.15) is 20.7 Å². The summed E-state index contributed by atoms with van der Waals surface area (Å²) in [6.45, 7) is 6.62. The van der Waals surface area contributed by atoms with Gasteiger partial charge in [0.05, 0.1) is 8.07 Å². The van der Waals surface area contributed by atoms with Crippen molar-refractivity contribution < 1.29 is 9.59 Å². The monoisotopic (exact) mass is 206 g/mol. The van der Waals surface area contributed by atoms with Crippen molar-refractivity contribution in [3.63, 3.8) is 0 Å². The molecule has 0 unspecified atom stereocenters. The highest BCUT2D eigenvalue weighted by Crippen LogP contribution is 2.07. The Hall–Kier alpha value is -1.22. The van der Waals surface area contributed by atoms with E-state index in [1.165, 1.54) is 5.19 Å². The Kier molecular flexibility index (Phi) is 3.01. The number of carbonyl (C=O) groups is 2. The van der Waals surface area contributed by atoms with Gasteiger partial charge in [-0.1, -0.05) is 43.0 Å². The van der Waals surface area contributed by atoms with Crippen molar-refractivity contribution in [1.82, 2.24) is 0 Å². The van der Waals surface area contributed by atoms with Crippen LogP contribution in [0.4, 0.5) is 0 Å². The van der Waals surface area contributed by atoms with Gasteiger partial charge in [0.2, 0.25) is 0 Å². The molecule has 0 radical (unpaired) electrons. The first-order chi connectivity index (χ1) is 6.49. The molecule has 2 nitrogen and oxygen atoms in total. The van der Waals surface area contributed by atoms with Gasteiger partial charge in [0.25, 0.3) is 0 Å². The number of hydrogen-bond donors (Lipinski definition) is 0. The number of carbonyl (C=O) groups excluding carboxylic acids is 2. The van der Waals surface area contributed by atoms with Gasteiger partial charge < -0.3 is 0 Å². The van der Waals surface area contributed by atoms with E-state index >= 15 is 0 Å². The van der Waals surface area contributed by atoms with Crippen LogP contribution in [0.3, 0.4) is 0 Å². The van der Waals surface area contributed by atoms with E-state index in [0.717, 1.165) is 12.6 Å². The Morgan fingerprint density at radius 1 is 1.00 bits per heavy atom. The zero-order valence-corrected chi connectivity index (χ0v) is 9.70. The van der Waals surface area contributed by atoms with Crippen molar-refractivity contribution in [2.24, 2.45) is 0 Å². The van der Waals surface area contributed by atoms with E-state index < -0.39 is 8.07 Å². The lowest BCUT2D eigenvalue weighted by Crippen LogP contribution is -2.37. The van der Waals surface area contributed by atoms with Gasteiger partial charge >= 0.3 is 0 Å². The fraction of sp³-hybridized carbons (Fsp3) is 0.273. The van der Waals surface area contributed by atoms with Crippen LogP contribution in [-0.2, 0) is 0 Å². The maximum absolute atomic E-state index is 10.7. The second kappa shape index (κ2) is 3.88. The van der Waals surface area contributed by atoms with Gasteiger partial charge in [0.15, 0.2) is 12.6 Å². The molecule has 0 spiro atoms. The van der Waals surface area contributed by atoms with E-state index in [1.54, 1.807) is 6.07 Å². The van der Waals surface area contributed by atoms with Gasteiger partial charge in [-0.25, -0.2) is 0 Å². The second-order valence-corrected chi connectivity index (χ2v) is 9.41. The Morgan fingerprint density at radius 3 is 2.00 bits per heavy atom. The summed E-state index contributed by atoms with van der Waals surface area (Å²) >= 11 is 0. The maximum atomic E-state index is 10.7. The molecule has 0 heterocycles. The van der Waals surface area contributed by atoms with Crippen LogP contribution in [0.25, 0.3) is 0 Å². The summed E-state index contributed by atoms with van der Waals surface area (Å²) in [7, 11) is -1.39. The highest BCUT2D eigenvalue weighted by molar-refractivity contribution is 6.88. The molecule has 0 aliphatic carbocycles. The summed E-state index contributed by atoms with van der Waals surface area (Å²) in [5, 5.41) is 1.20. The number of aldehydes is 2. The third kappa shape index (κ3) is 2.17.